The first-order valence-electron chi connectivity index (χ1n) is 10.2. The molecule has 1 unspecified atom stereocenters. The van der Waals surface area contributed by atoms with E-state index in [1.54, 1.807) is 31.2 Å². The summed E-state index contributed by atoms with van der Waals surface area (Å²) in [6.45, 7) is 5.52. The van der Waals surface area contributed by atoms with Crippen LogP contribution in [0.2, 0.25) is 5.02 Å². The maximum atomic E-state index is 13.1. The standard InChI is InChI=1S/C24H29ClN2O3/c1-16-10-17(2)12-19(11-16)24(29)27-9-5-6-18(15-27)23(28)26(3)14-20-13-21(25)7-8-22(20)30-4/h7-8,10-13,18H,5-6,9,14-15H2,1-4H3. The van der Waals surface area contributed by atoms with Gasteiger partial charge in [0.1, 0.15) is 5.75 Å². The highest BCUT2D eigenvalue weighted by molar-refractivity contribution is 6.30. The summed E-state index contributed by atoms with van der Waals surface area (Å²) in [6.07, 6.45) is 1.60. The molecule has 1 aliphatic heterocycles. The molecule has 2 amide bonds. The fourth-order valence-electron chi connectivity index (χ4n) is 4.16. The van der Waals surface area contributed by atoms with Gasteiger partial charge in [-0.3, -0.25) is 9.59 Å². The number of halogens is 1. The molecule has 6 heteroatoms. The molecule has 0 spiro atoms. The maximum Gasteiger partial charge on any atom is 0.253 e. The summed E-state index contributed by atoms with van der Waals surface area (Å²) < 4.78 is 5.39. The van der Waals surface area contributed by atoms with Crippen molar-refractivity contribution in [3.8, 4) is 5.75 Å². The number of rotatable bonds is 5. The summed E-state index contributed by atoms with van der Waals surface area (Å²) in [5.74, 6) is 0.534. The smallest absolute Gasteiger partial charge is 0.253 e. The monoisotopic (exact) mass is 428 g/mol. The number of methoxy groups -OCH3 is 1. The third-order valence-corrected chi connectivity index (χ3v) is 5.79. The fraction of sp³-hybridized carbons (Fsp3) is 0.417. The first-order valence-corrected chi connectivity index (χ1v) is 10.6. The SMILES string of the molecule is COc1ccc(Cl)cc1CN(C)C(=O)C1CCCN(C(=O)c2cc(C)cc(C)c2)C1. The molecular weight excluding hydrogens is 400 g/mol. The number of carbonyl (C=O) groups excluding carboxylic acids is 2. The zero-order valence-electron chi connectivity index (χ0n) is 18.1. The number of aryl methyl sites for hydroxylation is 2. The molecule has 1 fully saturated rings. The minimum absolute atomic E-state index is 0.00142. The van der Waals surface area contributed by atoms with E-state index in [2.05, 4.69) is 6.07 Å². The van der Waals surface area contributed by atoms with Gasteiger partial charge in [-0.25, -0.2) is 0 Å². The van der Waals surface area contributed by atoms with Crippen molar-refractivity contribution in [3.63, 3.8) is 0 Å². The van der Waals surface area contributed by atoms with Crippen LogP contribution in [-0.4, -0.2) is 48.9 Å². The molecule has 0 N–H and O–H groups in total. The highest BCUT2D eigenvalue weighted by Crippen LogP contribution is 2.26. The molecule has 2 aromatic carbocycles. The van der Waals surface area contributed by atoms with Gasteiger partial charge in [-0.2, -0.15) is 0 Å². The van der Waals surface area contributed by atoms with E-state index in [0.29, 0.717) is 36.0 Å². The summed E-state index contributed by atoms with van der Waals surface area (Å²) in [5.41, 5.74) is 3.69. The number of nitrogens with zero attached hydrogens (tertiary/aromatic N) is 2. The maximum absolute atomic E-state index is 13.1. The number of amides is 2. The molecular formula is C24H29ClN2O3. The molecule has 0 aromatic heterocycles. The van der Waals surface area contributed by atoms with Gasteiger partial charge in [0.05, 0.1) is 13.0 Å². The molecule has 2 aromatic rings. The third-order valence-electron chi connectivity index (χ3n) is 5.55. The van der Waals surface area contributed by atoms with E-state index >= 15 is 0 Å². The van der Waals surface area contributed by atoms with Gasteiger partial charge in [-0.1, -0.05) is 28.8 Å². The van der Waals surface area contributed by atoms with Crippen molar-refractivity contribution in [1.29, 1.82) is 0 Å². The molecule has 1 heterocycles. The van der Waals surface area contributed by atoms with Crippen LogP contribution in [0.1, 0.15) is 39.9 Å². The third kappa shape index (κ3) is 5.14. The van der Waals surface area contributed by atoms with Gasteiger partial charge in [0.15, 0.2) is 0 Å². The lowest BCUT2D eigenvalue weighted by molar-refractivity contribution is -0.136. The molecule has 0 radical (unpaired) electrons. The number of benzene rings is 2. The van der Waals surface area contributed by atoms with Crippen molar-refractivity contribution in [1.82, 2.24) is 9.80 Å². The highest BCUT2D eigenvalue weighted by atomic mass is 35.5. The largest absolute Gasteiger partial charge is 0.496 e. The van der Waals surface area contributed by atoms with E-state index < -0.39 is 0 Å². The Morgan fingerprint density at radius 3 is 2.53 bits per heavy atom. The Labute approximate surface area is 183 Å². The van der Waals surface area contributed by atoms with Crippen LogP contribution in [0, 0.1) is 19.8 Å². The number of hydrogen-bond acceptors (Lipinski definition) is 3. The summed E-state index contributed by atoms with van der Waals surface area (Å²) in [6, 6.07) is 11.3. The van der Waals surface area contributed by atoms with Gasteiger partial charge in [0, 0.05) is 42.8 Å². The zero-order valence-corrected chi connectivity index (χ0v) is 18.8. The minimum Gasteiger partial charge on any atom is -0.496 e. The molecule has 0 aliphatic carbocycles. The van der Waals surface area contributed by atoms with Crippen molar-refractivity contribution < 1.29 is 14.3 Å². The molecule has 0 saturated carbocycles. The normalized spacial score (nSPS) is 16.3. The lowest BCUT2D eigenvalue weighted by Crippen LogP contribution is -2.45. The zero-order chi connectivity index (χ0) is 21.8. The number of carbonyl (C=O) groups is 2. The van der Waals surface area contributed by atoms with Gasteiger partial charge in [-0.15, -0.1) is 0 Å². The van der Waals surface area contributed by atoms with Gasteiger partial charge >= 0.3 is 0 Å². The Balaban J connectivity index is 1.69. The number of piperidine rings is 1. The molecule has 30 heavy (non-hydrogen) atoms. The molecule has 3 rings (SSSR count). The summed E-state index contributed by atoms with van der Waals surface area (Å²) >= 11 is 6.12. The van der Waals surface area contributed by atoms with Crippen molar-refractivity contribution in [3.05, 3.63) is 63.7 Å². The Bertz CT molecular complexity index is 924. The van der Waals surface area contributed by atoms with Crippen LogP contribution >= 0.6 is 11.6 Å². The van der Waals surface area contributed by atoms with Crippen LogP contribution in [0.25, 0.3) is 0 Å². The highest BCUT2D eigenvalue weighted by Gasteiger charge is 2.31. The predicted octanol–water partition coefficient (Wildman–Crippen LogP) is 4.48. The van der Waals surface area contributed by atoms with Gasteiger partial charge in [0.2, 0.25) is 5.91 Å². The summed E-state index contributed by atoms with van der Waals surface area (Å²) in [4.78, 5) is 29.6. The van der Waals surface area contributed by atoms with Crippen LogP contribution in [-0.2, 0) is 11.3 Å². The summed E-state index contributed by atoms with van der Waals surface area (Å²) in [7, 11) is 3.39. The molecule has 1 aliphatic rings. The molecule has 1 saturated heterocycles. The average molecular weight is 429 g/mol. The second-order valence-corrected chi connectivity index (χ2v) is 8.55. The van der Waals surface area contributed by atoms with E-state index in [0.717, 1.165) is 29.5 Å². The first-order chi connectivity index (χ1) is 14.3. The van der Waals surface area contributed by atoms with Crippen molar-refractivity contribution in [2.45, 2.75) is 33.2 Å². The van der Waals surface area contributed by atoms with Gasteiger partial charge < -0.3 is 14.5 Å². The van der Waals surface area contributed by atoms with E-state index in [4.69, 9.17) is 16.3 Å². The van der Waals surface area contributed by atoms with Gasteiger partial charge in [0.25, 0.3) is 5.91 Å². The van der Waals surface area contributed by atoms with Crippen molar-refractivity contribution >= 4 is 23.4 Å². The first kappa shape index (κ1) is 22.2. The van der Waals surface area contributed by atoms with Crippen LogP contribution < -0.4 is 4.74 Å². The topological polar surface area (TPSA) is 49.9 Å². The number of ether oxygens (including phenoxy) is 1. The number of likely N-dealkylation sites (tertiary alicyclic amines) is 1. The second kappa shape index (κ2) is 9.52. The fourth-order valence-corrected chi connectivity index (χ4v) is 4.35. The predicted molar refractivity (Wildman–Crippen MR) is 119 cm³/mol. The lowest BCUT2D eigenvalue weighted by Gasteiger charge is -2.34. The molecule has 1 atom stereocenters. The Hall–Kier alpha value is -2.53. The second-order valence-electron chi connectivity index (χ2n) is 8.12. The number of hydrogen-bond donors (Lipinski definition) is 0. The van der Waals surface area contributed by atoms with E-state index in [1.165, 1.54) is 0 Å². The van der Waals surface area contributed by atoms with Crippen LogP contribution in [0.3, 0.4) is 0 Å². The molecule has 5 nitrogen and oxygen atoms in total. The summed E-state index contributed by atoms with van der Waals surface area (Å²) in [5, 5.41) is 0.606. The van der Waals surface area contributed by atoms with E-state index in [9.17, 15) is 9.59 Å². The molecule has 160 valence electrons. The Kier molecular flexibility index (Phi) is 7.03. The van der Waals surface area contributed by atoms with E-state index in [-0.39, 0.29) is 17.7 Å². The van der Waals surface area contributed by atoms with Gasteiger partial charge in [-0.05, 0) is 57.0 Å². The quantitative estimate of drug-likeness (QED) is 0.705. The van der Waals surface area contributed by atoms with Crippen LogP contribution in [0.4, 0.5) is 0 Å². The van der Waals surface area contributed by atoms with E-state index in [1.807, 2.05) is 36.9 Å². The molecule has 0 bridgehead atoms. The Morgan fingerprint density at radius 2 is 1.87 bits per heavy atom. The minimum atomic E-state index is -0.205. The average Bonchev–Trinajstić information content (AvgIpc) is 2.72. The van der Waals surface area contributed by atoms with Crippen LogP contribution in [0.15, 0.2) is 36.4 Å². The van der Waals surface area contributed by atoms with Crippen molar-refractivity contribution in [2.75, 3.05) is 27.2 Å². The van der Waals surface area contributed by atoms with Crippen LogP contribution in [0.5, 0.6) is 5.75 Å². The van der Waals surface area contributed by atoms with Crippen molar-refractivity contribution in [2.24, 2.45) is 5.92 Å². The lowest BCUT2D eigenvalue weighted by atomic mass is 9.95. The Morgan fingerprint density at radius 1 is 1.17 bits per heavy atom.